The number of piperidine rings is 1. The van der Waals surface area contributed by atoms with Crippen molar-refractivity contribution >= 4 is 17.8 Å². The van der Waals surface area contributed by atoms with Gasteiger partial charge in [0.2, 0.25) is 0 Å². The van der Waals surface area contributed by atoms with Gasteiger partial charge in [-0.2, -0.15) is 0 Å². The molecule has 0 aromatic heterocycles. The second-order valence-electron chi connectivity index (χ2n) is 8.54. The van der Waals surface area contributed by atoms with Gasteiger partial charge in [0.1, 0.15) is 5.60 Å². The molecule has 0 aliphatic carbocycles. The second kappa shape index (κ2) is 10.4. The summed E-state index contributed by atoms with van der Waals surface area (Å²) in [6.07, 6.45) is 1.52. The summed E-state index contributed by atoms with van der Waals surface area (Å²) in [7, 11) is 3.32. The van der Waals surface area contributed by atoms with Gasteiger partial charge >= 0.3 is 12.1 Å². The molecule has 1 aliphatic rings. The van der Waals surface area contributed by atoms with Crippen molar-refractivity contribution < 1.29 is 23.8 Å². The highest BCUT2D eigenvalue weighted by Crippen LogP contribution is 2.30. The van der Waals surface area contributed by atoms with Crippen LogP contribution in [-0.2, 0) is 4.74 Å². The summed E-state index contributed by atoms with van der Waals surface area (Å²) in [5.41, 5.74) is 0.125. The molecule has 8 nitrogen and oxygen atoms in total. The summed E-state index contributed by atoms with van der Waals surface area (Å²) >= 11 is 0. The number of likely N-dealkylation sites (tertiary alicyclic amines) is 1. The fourth-order valence-corrected chi connectivity index (χ4v) is 3.43. The topological polar surface area (TPSA) is 80.3 Å². The quantitative estimate of drug-likeness (QED) is 0.744. The van der Waals surface area contributed by atoms with E-state index in [0.717, 1.165) is 12.8 Å². The first-order chi connectivity index (χ1) is 14.1. The van der Waals surface area contributed by atoms with Gasteiger partial charge in [-0.15, -0.1) is 0 Å². The van der Waals surface area contributed by atoms with Crippen LogP contribution < -0.4 is 14.8 Å². The lowest BCUT2D eigenvalue weighted by Gasteiger charge is -2.35. The number of hydrogen-bond acceptors (Lipinski definition) is 5. The molecule has 0 saturated carbocycles. The van der Waals surface area contributed by atoms with Crippen molar-refractivity contribution in [2.45, 2.75) is 46.1 Å². The molecule has 1 heterocycles. The number of ether oxygens (including phenoxy) is 3. The summed E-state index contributed by atoms with van der Waals surface area (Å²) in [5, 5.41) is 2.94. The summed E-state index contributed by atoms with van der Waals surface area (Å²) in [4.78, 5) is 28.4. The highest BCUT2D eigenvalue weighted by Gasteiger charge is 2.27. The summed E-state index contributed by atoms with van der Waals surface area (Å²) in [5.74, 6) is 1.42. The van der Waals surface area contributed by atoms with Gasteiger partial charge in [-0.25, -0.2) is 9.59 Å². The third-order valence-electron chi connectivity index (χ3n) is 4.76. The zero-order valence-electron chi connectivity index (χ0n) is 19.0. The van der Waals surface area contributed by atoms with Crippen molar-refractivity contribution in [2.24, 2.45) is 5.92 Å². The fourth-order valence-electron chi connectivity index (χ4n) is 3.43. The molecule has 1 aromatic rings. The molecule has 0 radical (unpaired) electrons. The van der Waals surface area contributed by atoms with E-state index in [4.69, 9.17) is 14.2 Å². The predicted octanol–water partition coefficient (Wildman–Crippen LogP) is 4.20. The Kier molecular flexibility index (Phi) is 8.20. The maximum absolute atomic E-state index is 12.8. The zero-order valence-corrected chi connectivity index (χ0v) is 19.0. The van der Waals surface area contributed by atoms with Crippen molar-refractivity contribution in [3.05, 3.63) is 18.2 Å². The van der Waals surface area contributed by atoms with Crippen LogP contribution in [0.1, 0.15) is 40.5 Å². The average Bonchev–Trinajstić information content (AvgIpc) is 2.67. The van der Waals surface area contributed by atoms with Gasteiger partial charge < -0.3 is 29.3 Å². The fraction of sp³-hybridized carbons (Fsp3) is 0.636. The molecule has 1 N–H and O–H groups in total. The summed E-state index contributed by atoms with van der Waals surface area (Å²) in [6.45, 7) is 9.78. The van der Waals surface area contributed by atoms with E-state index in [1.165, 1.54) is 0 Å². The van der Waals surface area contributed by atoms with Gasteiger partial charge in [-0.3, -0.25) is 0 Å². The van der Waals surface area contributed by atoms with Crippen LogP contribution in [0.4, 0.5) is 15.3 Å². The molecule has 1 aromatic carbocycles. The van der Waals surface area contributed by atoms with Crippen LogP contribution in [0, 0.1) is 5.92 Å². The van der Waals surface area contributed by atoms with Crippen LogP contribution in [0.2, 0.25) is 0 Å². The number of nitrogens with one attached hydrogen (secondary N) is 1. The van der Waals surface area contributed by atoms with E-state index in [1.807, 2.05) is 27.7 Å². The average molecular weight is 422 g/mol. The minimum Gasteiger partial charge on any atom is -0.493 e. The van der Waals surface area contributed by atoms with Crippen molar-refractivity contribution in [3.63, 3.8) is 0 Å². The van der Waals surface area contributed by atoms with Crippen molar-refractivity contribution in [1.29, 1.82) is 0 Å². The Balaban J connectivity index is 1.94. The molecular formula is C22H35N3O5. The Morgan fingerprint density at radius 3 is 2.63 bits per heavy atom. The highest BCUT2D eigenvalue weighted by molar-refractivity contribution is 5.89. The van der Waals surface area contributed by atoms with Gasteiger partial charge in [0.25, 0.3) is 0 Å². The minimum absolute atomic E-state index is 0.160. The Bertz CT molecular complexity index is 732. The van der Waals surface area contributed by atoms with Crippen molar-refractivity contribution in [3.8, 4) is 11.5 Å². The zero-order chi connectivity index (χ0) is 22.3. The maximum atomic E-state index is 12.8. The first-order valence-electron chi connectivity index (χ1n) is 10.4. The van der Waals surface area contributed by atoms with Crippen molar-refractivity contribution in [1.82, 2.24) is 9.80 Å². The Labute approximate surface area is 179 Å². The molecule has 8 heteroatoms. The maximum Gasteiger partial charge on any atom is 0.410 e. The van der Waals surface area contributed by atoms with Gasteiger partial charge in [-0.05, 0) is 58.6 Å². The lowest BCUT2D eigenvalue weighted by molar-refractivity contribution is 0.0253. The van der Waals surface area contributed by atoms with Gasteiger partial charge in [0.05, 0.1) is 13.7 Å². The van der Waals surface area contributed by atoms with E-state index in [9.17, 15) is 9.59 Å². The van der Waals surface area contributed by atoms with Gasteiger partial charge in [-0.1, -0.05) is 0 Å². The van der Waals surface area contributed by atoms with Crippen LogP contribution in [0.3, 0.4) is 0 Å². The monoisotopic (exact) mass is 421 g/mol. The number of benzene rings is 1. The number of urea groups is 1. The SMILES string of the molecule is CCOc1cc(NC(=O)N2CCCC(CN(C)C(=O)OC(C)(C)C)C2)ccc1OC. The molecule has 1 saturated heterocycles. The van der Waals surface area contributed by atoms with Gasteiger partial charge in [0.15, 0.2) is 11.5 Å². The molecule has 1 atom stereocenters. The van der Waals surface area contributed by atoms with Crippen molar-refractivity contribution in [2.75, 3.05) is 45.7 Å². The van der Waals surface area contributed by atoms with E-state index in [1.54, 1.807) is 42.2 Å². The van der Waals surface area contributed by atoms with Crippen LogP contribution in [0.5, 0.6) is 11.5 Å². The third kappa shape index (κ3) is 7.00. The molecular weight excluding hydrogens is 386 g/mol. The van der Waals surface area contributed by atoms with E-state index in [2.05, 4.69) is 5.32 Å². The number of amides is 3. The molecule has 2 rings (SSSR count). The first kappa shape index (κ1) is 23.6. The molecule has 1 aliphatic heterocycles. The molecule has 1 unspecified atom stereocenters. The number of rotatable bonds is 6. The number of carbonyl (C=O) groups excluding carboxylic acids is 2. The third-order valence-corrected chi connectivity index (χ3v) is 4.76. The summed E-state index contributed by atoms with van der Waals surface area (Å²) < 4.78 is 16.3. The lowest BCUT2D eigenvalue weighted by atomic mass is 9.98. The van der Waals surface area contributed by atoms with Crippen LogP contribution in [0.15, 0.2) is 18.2 Å². The minimum atomic E-state index is -0.525. The van der Waals surface area contributed by atoms with E-state index >= 15 is 0 Å². The van der Waals surface area contributed by atoms with Gasteiger partial charge in [0, 0.05) is 38.4 Å². The summed E-state index contributed by atoms with van der Waals surface area (Å²) in [6, 6.07) is 5.16. The smallest absolute Gasteiger partial charge is 0.410 e. The largest absolute Gasteiger partial charge is 0.493 e. The molecule has 3 amide bonds. The Morgan fingerprint density at radius 2 is 2.00 bits per heavy atom. The number of hydrogen-bond donors (Lipinski definition) is 1. The molecule has 0 bridgehead atoms. The molecule has 0 spiro atoms. The lowest BCUT2D eigenvalue weighted by Crippen LogP contribution is -2.46. The highest BCUT2D eigenvalue weighted by atomic mass is 16.6. The van der Waals surface area contributed by atoms with Crippen LogP contribution in [0.25, 0.3) is 0 Å². The molecule has 168 valence electrons. The Morgan fingerprint density at radius 1 is 1.27 bits per heavy atom. The number of anilines is 1. The van der Waals surface area contributed by atoms with E-state index in [-0.39, 0.29) is 18.0 Å². The number of carbonyl (C=O) groups is 2. The van der Waals surface area contributed by atoms with E-state index in [0.29, 0.717) is 43.4 Å². The second-order valence-corrected chi connectivity index (χ2v) is 8.54. The predicted molar refractivity (Wildman–Crippen MR) is 116 cm³/mol. The normalized spacial score (nSPS) is 16.6. The Hall–Kier alpha value is -2.64. The molecule has 30 heavy (non-hydrogen) atoms. The first-order valence-corrected chi connectivity index (χ1v) is 10.4. The van der Waals surface area contributed by atoms with E-state index < -0.39 is 5.60 Å². The number of methoxy groups -OCH3 is 1. The standard InChI is InChI=1S/C22H35N3O5/c1-7-29-19-13-17(10-11-18(19)28-6)23-20(26)25-12-8-9-16(15-25)14-24(5)21(27)30-22(2,3)4/h10-11,13,16H,7-9,12,14-15H2,1-6H3,(H,23,26). The number of nitrogens with zero attached hydrogens (tertiary/aromatic N) is 2. The molecule has 1 fully saturated rings. The van der Waals surface area contributed by atoms with Crippen LogP contribution >= 0.6 is 0 Å². The van der Waals surface area contributed by atoms with Crippen LogP contribution in [-0.4, -0.2) is 67.9 Å².